The summed E-state index contributed by atoms with van der Waals surface area (Å²) in [5.74, 6) is 0.0890. The van der Waals surface area contributed by atoms with E-state index in [1.165, 1.54) is 0 Å². The summed E-state index contributed by atoms with van der Waals surface area (Å²) in [7, 11) is 0. The van der Waals surface area contributed by atoms with E-state index in [1.807, 2.05) is 19.1 Å². The Labute approximate surface area is 108 Å². The Morgan fingerprint density at radius 1 is 1.56 bits per heavy atom. The van der Waals surface area contributed by atoms with Gasteiger partial charge in [-0.1, -0.05) is 6.07 Å². The highest BCUT2D eigenvalue weighted by Gasteiger charge is 2.16. The molecule has 0 radical (unpaired) electrons. The number of amides is 1. The number of aromatic nitrogens is 1. The van der Waals surface area contributed by atoms with Gasteiger partial charge in [0, 0.05) is 31.5 Å². The minimum atomic E-state index is 0.0890. The van der Waals surface area contributed by atoms with Crippen LogP contribution in [0, 0.1) is 6.92 Å². The number of pyridine rings is 1. The number of rotatable bonds is 5. The summed E-state index contributed by atoms with van der Waals surface area (Å²) in [6, 6.07) is 3.94. The van der Waals surface area contributed by atoms with Crippen LogP contribution in [-0.4, -0.2) is 23.6 Å². The van der Waals surface area contributed by atoms with Crippen LogP contribution in [0.1, 0.15) is 36.9 Å². The summed E-state index contributed by atoms with van der Waals surface area (Å²) in [6.07, 6.45) is 5.69. The van der Waals surface area contributed by atoms with Gasteiger partial charge in [0.05, 0.1) is 6.10 Å². The maximum atomic E-state index is 11.7. The van der Waals surface area contributed by atoms with Crippen molar-refractivity contribution in [1.29, 1.82) is 0 Å². The molecule has 1 aliphatic rings. The van der Waals surface area contributed by atoms with Crippen LogP contribution in [0.15, 0.2) is 18.3 Å². The molecule has 0 aromatic carbocycles. The third-order valence-corrected chi connectivity index (χ3v) is 3.18. The van der Waals surface area contributed by atoms with Crippen molar-refractivity contribution in [1.82, 2.24) is 10.3 Å². The summed E-state index contributed by atoms with van der Waals surface area (Å²) in [5, 5.41) is 2.91. The van der Waals surface area contributed by atoms with E-state index in [-0.39, 0.29) is 12.0 Å². The van der Waals surface area contributed by atoms with Crippen molar-refractivity contribution in [3.05, 3.63) is 29.6 Å². The van der Waals surface area contributed by atoms with Gasteiger partial charge in [-0.15, -0.1) is 0 Å². The summed E-state index contributed by atoms with van der Waals surface area (Å²) in [4.78, 5) is 15.8. The molecule has 1 aliphatic heterocycles. The maximum absolute atomic E-state index is 11.7. The number of nitrogens with one attached hydrogen (secondary N) is 1. The Bertz CT molecular complexity index is 383. The van der Waals surface area contributed by atoms with E-state index in [4.69, 9.17) is 4.74 Å². The number of carbonyl (C=O) groups is 1. The van der Waals surface area contributed by atoms with E-state index >= 15 is 0 Å². The molecule has 4 heteroatoms. The van der Waals surface area contributed by atoms with Crippen LogP contribution in [0.25, 0.3) is 0 Å². The average Bonchev–Trinajstić information content (AvgIpc) is 2.89. The van der Waals surface area contributed by atoms with Gasteiger partial charge in [0.1, 0.15) is 0 Å². The molecular weight excluding hydrogens is 228 g/mol. The Morgan fingerprint density at radius 3 is 3.11 bits per heavy atom. The Balaban J connectivity index is 1.66. The quantitative estimate of drug-likeness (QED) is 0.866. The highest BCUT2D eigenvalue weighted by Crippen LogP contribution is 2.16. The molecule has 18 heavy (non-hydrogen) atoms. The van der Waals surface area contributed by atoms with E-state index in [2.05, 4.69) is 10.3 Å². The lowest BCUT2D eigenvalue weighted by Gasteiger charge is -2.09. The summed E-state index contributed by atoms with van der Waals surface area (Å²) >= 11 is 0. The van der Waals surface area contributed by atoms with Gasteiger partial charge in [-0.05, 0) is 37.8 Å². The normalized spacial score (nSPS) is 18.8. The second kappa shape index (κ2) is 6.50. The van der Waals surface area contributed by atoms with Gasteiger partial charge in [0.25, 0.3) is 0 Å². The first-order valence-corrected chi connectivity index (χ1v) is 6.54. The molecule has 2 heterocycles. The SMILES string of the molecule is Cc1ccc(CNC(=O)CCC2CCCO2)cn1. The highest BCUT2D eigenvalue weighted by atomic mass is 16.5. The predicted molar refractivity (Wildman–Crippen MR) is 69.0 cm³/mol. The van der Waals surface area contributed by atoms with E-state index in [0.717, 1.165) is 37.1 Å². The van der Waals surface area contributed by atoms with Gasteiger partial charge in [-0.3, -0.25) is 9.78 Å². The fourth-order valence-corrected chi connectivity index (χ4v) is 2.06. The summed E-state index contributed by atoms with van der Waals surface area (Å²) in [6.45, 7) is 3.35. The van der Waals surface area contributed by atoms with Crippen LogP contribution in [0.3, 0.4) is 0 Å². The van der Waals surface area contributed by atoms with Gasteiger partial charge >= 0.3 is 0 Å². The second-order valence-corrected chi connectivity index (χ2v) is 4.76. The highest BCUT2D eigenvalue weighted by molar-refractivity contribution is 5.75. The first-order chi connectivity index (χ1) is 8.74. The zero-order valence-corrected chi connectivity index (χ0v) is 10.8. The molecule has 1 N–H and O–H groups in total. The molecule has 0 aliphatic carbocycles. The van der Waals surface area contributed by atoms with Crippen molar-refractivity contribution >= 4 is 5.91 Å². The molecule has 2 rings (SSSR count). The Hall–Kier alpha value is -1.42. The van der Waals surface area contributed by atoms with E-state index in [0.29, 0.717) is 13.0 Å². The third kappa shape index (κ3) is 4.11. The van der Waals surface area contributed by atoms with Crippen LogP contribution in [-0.2, 0) is 16.1 Å². The lowest BCUT2D eigenvalue weighted by Crippen LogP contribution is -2.24. The Kier molecular flexibility index (Phi) is 4.70. The lowest BCUT2D eigenvalue weighted by molar-refractivity contribution is -0.121. The van der Waals surface area contributed by atoms with Crippen LogP contribution in [0.4, 0.5) is 0 Å². The summed E-state index contributed by atoms with van der Waals surface area (Å²) < 4.78 is 5.49. The van der Waals surface area contributed by atoms with Crippen molar-refractivity contribution in [2.24, 2.45) is 0 Å². The van der Waals surface area contributed by atoms with Crippen LogP contribution in [0.2, 0.25) is 0 Å². The molecule has 4 nitrogen and oxygen atoms in total. The standard InChI is InChI=1S/C14H20N2O2/c1-11-4-5-12(9-15-11)10-16-14(17)7-6-13-3-2-8-18-13/h4-5,9,13H,2-3,6-8,10H2,1H3,(H,16,17). The fraction of sp³-hybridized carbons (Fsp3) is 0.571. The molecule has 1 unspecified atom stereocenters. The molecule has 1 atom stereocenters. The van der Waals surface area contributed by atoms with Crippen molar-refractivity contribution in [2.45, 2.75) is 45.3 Å². The van der Waals surface area contributed by atoms with Crippen molar-refractivity contribution < 1.29 is 9.53 Å². The van der Waals surface area contributed by atoms with E-state index in [9.17, 15) is 4.79 Å². The van der Waals surface area contributed by atoms with Crippen LogP contribution >= 0.6 is 0 Å². The number of aryl methyl sites for hydroxylation is 1. The molecule has 0 saturated carbocycles. The van der Waals surface area contributed by atoms with Gasteiger partial charge in [0.2, 0.25) is 5.91 Å². The largest absolute Gasteiger partial charge is 0.378 e. The minimum absolute atomic E-state index is 0.0890. The first kappa shape index (κ1) is 13.0. The van der Waals surface area contributed by atoms with Crippen molar-refractivity contribution in [3.8, 4) is 0 Å². The third-order valence-electron chi connectivity index (χ3n) is 3.18. The molecular formula is C14H20N2O2. The van der Waals surface area contributed by atoms with E-state index < -0.39 is 0 Å². The molecule has 1 saturated heterocycles. The number of carbonyl (C=O) groups excluding carboxylic acids is 1. The summed E-state index contributed by atoms with van der Waals surface area (Å²) in [5.41, 5.74) is 2.02. The molecule has 98 valence electrons. The monoisotopic (exact) mass is 248 g/mol. The van der Waals surface area contributed by atoms with Gasteiger partial charge in [0.15, 0.2) is 0 Å². The van der Waals surface area contributed by atoms with Crippen molar-refractivity contribution in [3.63, 3.8) is 0 Å². The first-order valence-electron chi connectivity index (χ1n) is 6.54. The average molecular weight is 248 g/mol. The fourth-order valence-electron chi connectivity index (χ4n) is 2.06. The van der Waals surface area contributed by atoms with Crippen LogP contribution < -0.4 is 5.32 Å². The Morgan fingerprint density at radius 2 is 2.44 bits per heavy atom. The van der Waals surface area contributed by atoms with Crippen LogP contribution in [0.5, 0.6) is 0 Å². The molecule has 1 fully saturated rings. The minimum Gasteiger partial charge on any atom is -0.378 e. The maximum Gasteiger partial charge on any atom is 0.220 e. The number of hydrogen-bond acceptors (Lipinski definition) is 3. The molecule has 0 bridgehead atoms. The molecule has 0 spiro atoms. The van der Waals surface area contributed by atoms with Gasteiger partial charge < -0.3 is 10.1 Å². The topological polar surface area (TPSA) is 51.2 Å². The number of hydrogen-bond donors (Lipinski definition) is 1. The smallest absolute Gasteiger partial charge is 0.220 e. The van der Waals surface area contributed by atoms with Gasteiger partial charge in [-0.2, -0.15) is 0 Å². The van der Waals surface area contributed by atoms with Gasteiger partial charge in [-0.25, -0.2) is 0 Å². The van der Waals surface area contributed by atoms with E-state index in [1.54, 1.807) is 6.20 Å². The molecule has 1 aromatic rings. The van der Waals surface area contributed by atoms with Crippen molar-refractivity contribution in [2.75, 3.05) is 6.61 Å². The number of ether oxygens (including phenoxy) is 1. The zero-order valence-electron chi connectivity index (χ0n) is 10.8. The lowest BCUT2D eigenvalue weighted by atomic mass is 10.1. The predicted octanol–water partition coefficient (Wildman–Crippen LogP) is 1.97. The number of nitrogens with zero attached hydrogens (tertiary/aromatic N) is 1. The molecule has 1 aromatic heterocycles. The zero-order chi connectivity index (χ0) is 12.8. The second-order valence-electron chi connectivity index (χ2n) is 4.76. The molecule has 1 amide bonds.